The van der Waals surface area contributed by atoms with Crippen molar-refractivity contribution in [1.82, 2.24) is 5.32 Å². The van der Waals surface area contributed by atoms with Crippen molar-refractivity contribution in [3.05, 3.63) is 11.8 Å². The van der Waals surface area contributed by atoms with Crippen molar-refractivity contribution in [3.63, 3.8) is 0 Å². The first-order chi connectivity index (χ1) is 5.33. The molecule has 1 aliphatic rings. The molecule has 2 nitrogen and oxygen atoms in total. The van der Waals surface area contributed by atoms with Gasteiger partial charge in [0, 0.05) is 19.0 Å². The number of hydrogen-bond acceptors (Lipinski definition) is 2. The third-order valence-electron chi connectivity index (χ3n) is 1.08. The Kier molecular flexibility index (Phi) is 6.03. The molecule has 1 heterocycles. The average Bonchev–Trinajstić information content (AvgIpc) is 2.10. The number of thioether (sulfide) groups is 1. The van der Waals surface area contributed by atoms with Gasteiger partial charge < -0.3 is 5.32 Å². The molecular formula is C8H16N2S. The first-order valence-electron chi connectivity index (χ1n) is 3.84. The maximum atomic E-state index is 4.01. The van der Waals surface area contributed by atoms with Crippen LogP contribution >= 0.6 is 11.8 Å². The van der Waals surface area contributed by atoms with E-state index in [1.54, 1.807) is 18.8 Å². The van der Waals surface area contributed by atoms with E-state index in [-0.39, 0.29) is 0 Å². The van der Waals surface area contributed by atoms with Gasteiger partial charge in [-0.25, -0.2) is 0 Å². The zero-order chi connectivity index (χ0) is 8.69. The molecule has 0 amide bonds. The smallest absolute Gasteiger partial charge is 0.160 e. The summed E-state index contributed by atoms with van der Waals surface area (Å²) in [6.45, 7) is 6.10. The Morgan fingerprint density at radius 3 is 2.55 bits per heavy atom. The van der Waals surface area contributed by atoms with Gasteiger partial charge in [-0.3, -0.25) is 4.99 Å². The third-order valence-corrected chi connectivity index (χ3v) is 2.26. The van der Waals surface area contributed by atoms with E-state index in [0.29, 0.717) is 0 Å². The van der Waals surface area contributed by atoms with E-state index in [0.717, 1.165) is 10.9 Å². The van der Waals surface area contributed by atoms with Crippen LogP contribution in [0.4, 0.5) is 0 Å². The van der Waals surface area contributed by atoms with Crippen LogP contribution in [0.1, 0.15) is 20.8 Å². The summed E-state index contributed by atoms with van der Waals surface area (Å²) < 4.78 is 0. The van der Waals surface area contributed by atoms with E-state index in [2.05, 4.69) is 17.2 Å². The van der Waals surface area contributed by atoms with Gasteiger partial charge in [-0.15, -0.1) is 0 Å². The Morgan fingerprint density at radius 1 is 1.55 bits per heavy atom. The molecule has 11 heavy (non-hydrogen) atoms. The van der Waals surface area contributed by atoms with Gasteiger partial charge in [0.1, 0.15) is 0 Å². The van der Waals surface area contributed by atoms with Crippen molar-refractivity contribution in [2.24, 2.45) is 4.99 Å². The van der Waals surface area contributed by atoms with Crippen molar-refractivity contribution < 1.29 is 0 Å². The van der Waals surface area contributed by atoms with Gasteiger partial charge in [-0.1, -0.05) is 25.6 Å². The molecule has 0 bridgehead atoms. The van der Waals surface area contributed by atoms with Crippen molar-refractivity contribution >= 4 is 16.9 Å². The second-order valence-electron chi connectivity index (χ2n) is 1.95. The average molecular weight is 172 g/mol. The Labute approximate surface area is 73.2 Å². The largest absolute Gasteiger partial charge is 0.342 e. The number of rotatable bonds is 0. The van der Waals surface area contributed by atoms with Gasteiger partial charge in [0.05, 0.1) is 0 Å². The summed E-state index contributed by atoms with van der Waals surface area (Å²) in [5.41, 5.74) is 1.37. The molecule has 0 atom stereocenters. The molecule has 1 N–H and O–H groups in total. The quantitative estimate of drug-likeness (QED) is 0.606. The van der Waals surface area contributed by atoms with Crippen molar-refractivity contribution in [2.45, 2.75) is 20.8 Å². The maximum Gasteiger partial charge on any atom is 0.160 e. The highest BCUT2D eigenvalue weighted by molar-refractivity contribution is 8.14. The van der Waals surface area contributed by atoms with Gasteiger partial charge >= 0.3 is 0 Å². The molecule has 0 fully saturated rings. The Hall–Kier alpha value is -0.440. The fraction of sp³-hybridized carbons (Fsp3) is 0.625. The summed E-state index contributed by atoms with van der Waals surface area (Å²) in [5, 5.41) is 4.08. The summed E-state index contributed by atoms with van der Waals surface area (Å²) in [6, 6.07) is 0. The van der Waals surface area contributed by atoms with E-state index >= 15 is 0 Å². The number of nitrogens with zero attached hydrogens (tertiary/aromatic N) is 1. The highest BCUT2D eigenvalue weighted by atomic mass is 32.2. The van der Waals surface area contributed by atoms with E-state index in [9.17, 15) is 0 Å². The zero-order valence-corrected chi connectivity index (χ0v) is 8.46. The number of aliphatic imine (C=N–C) groups is 1. The second kappa shape index (κ2) is 6.28. The second-order valence-corrected chi connectivity index (χ2v) is 2.92. The van der Waals surface area contributed by atoms with Crippen LogP contribution in [-0.2, 0) is 0 Å². The fourth-order valence-corrected chi connectivity index (χ4v) is 1.30. The summed E-state index contributed by atoms with van der Waals surface area (Å²) in [5.74, 6) is 1.07. The lowest BCUT2D eigenvalue weighted by molar-refractivity contribution is 1.19. The predicted octanol–water partition coefficient (Wildman–Crippen LogP) is 2.24. The Balaban J connectivity index is 0.000000461. The number of amidine groups is 1. The number of nitrogens with one attached hydrogen (secondary N) is 1. The van der Waals surface area contributed by atoms with Crippen molar-refractivity contribution in [1.29, 1.82) is 0 Å². The standard InChI is InChI=1S/C6H10N2S.C2H6/c1-5-3-8-6(7-2)9-4-5;1-2/h3H,4H2,1-2H3,(H,7,8);1-2H3. The third kappa shape index (κ3) is 4.09. The van der Waals surface area contributed by atoms with Crippen LogP contribution in [0.3, 0.4) is 0 Å². The normalized spacial score (nSPS) is 19.6. The molecular weight excluding hydrogens is 156 g/mol. The lowest BCUT2D eigenvalue weighted by atomic mass is 10.4. The van der Waals surface area contributed by atoms with E-state index in [1.807, 2.05) is 20.0 Å². The van der Waals surface area contributed by atoms with Gasteiger partial charge in [-0.2, -0.15) is 0 Å². The van der Waals surface area contributed by atoms with E-state index < -0.39 is 0 Å². The molecule has 0 radical (unpaired) electrons. The van der Waals surface area contributed by atoms with Crippen LogP contribution < -0.4 is 5.32 Å². The molecule has 0 unspecified atom stereocenters. The van der Waals surface area contributed by atoms with Crippen LogP contribution in [0, 0.1) is 0 Å². The molecule has 1 rings (SSSR count). The van der Waals surface area contributed by atoms with Crippen LogP contribution in [0.25, 0.3) is 0 Å². The summed E-state index contributed by atoms with van der Waals surface area (Å²) >= 11 is 1.74. The predicted molar refractivity (Wildman–Crippen MR) is 54.1 cm³/mol. The van der Waals surface area contributed by atoms with Crippen LogP contribution in [-0.4, -0.2) is 18.0 Å². The molecule has 0 aromatic carbocycles. The Bertz CT molecular complexity index is 161. The van der Waals surface area contributed by atoms with Gasteiger partial charge in [0.2, 0.25) is 0 Å². The highest BCUT2D eigenvalue weighted by Gasteiger charge is 2.02. The molecule has 1 aliphatic heterocycles. The van der Waals surface area contributed by atoms with Crippen molar-refractivity contribution in [2.75, 3.05) is 12.8 Å². The van der Waals surface area contributed by atoms with Gasteiger partial charge in [-0.05, 0) is 12.5 Å². The molecule has 0 saturated carbocycles. The van der Waals surface area contributed by atoms with E-state index in [4.69, 9.17) is 0 Å². The molecule has 0 aromatic heterocycles. The van der Waals surface area contributed by atoms with Gasteiger partial charge in [0.25, 0.3) is 0 Å². The highest BCUT2D eigenvalue weighted by Crippen LogP contribution is 2.11. The topological polar surface area (TPSA) is 24.4 Å². The molecule has 64 valence electrons. The SMILES string of the molecule is CC.CN=C1NC=C(C)CS1. The summed E-state index contributed by atoms with van der Waals surface area (Å²) in [6.07, 6.45) is 2.00. The first kappa shape index (κ1) is 10.6. The van der Waals surface area contributed by atoms with Crippen LogP contribution in [0.5, 0.6) is 0 Å². The number of hydrogen-bond donors (Lipinski definition) is 1. The summed E-state index contributed by atoms with van der Waals surface area (Å²) in [7, 11) is 1.80. The molecule has 0 saturated heterocycles. The van der Waals surface area contributed by atoms with Crippen LogP contribution in [0.2, 0.25) is 0 Å². The molecule has 0 spiro atoms. The zero-order valence-electron chi connectivity index (χ0n) is 7.64. The van der Waals surface area contributed by atoms with Crippen LogP contribution in [0.15, 0.2) is 16.8 Å². The lowest BCUT2D eigenvalue weighted by Crippen LogP contribution is -2.18. The first-order valence-corrected chi connectivity index (χ1v) is 4.83. The molecule has 0 aromatic rings. The minimum atomic E-state index is 1.01. The fourth-order valence-electron chi connectivity index (χ4n) is 0.580. The van der Waals surface area contributed by atoms with Crippen molar-refractivity contribution in [3.8, 4) is 0 Å². The molecule has 0 aliphatic carbocycles. The lowest BCUT2D eigenvalue weighted by Gasteiger charge is -2.11. The minimum absolute atomic E-state index is 1.01. The minimum Gasteiger partial charge on any atom is -0.342 e. The van der Waals surface area contributed by atoms with Gasteiger partial charge in [0.15, 0.2) is 5.17 Å². The molecule has 3 heteroatoms. The maximum absolute atomic E-state index is 4.01. The monoisotopic (exact) mass is 172 g/mol. The summed E-state index contributed by atoms with van der Waals surface area (Å²) in [4.78, 5) is 4.01. The Morgan fingerprint density at radius 2 is 2.18 bits per heavy atom. The van der Waals surface area contributed by atoms with E-state index in [1.165, 1.54) is 5.57 Å².